The third-order valence-corrected chi connectivity index (χ3v) is 5.85. The predicted molar refractivity (Wildman–Crippen MR) is 140 cm³/mol. The Bertz CT molecular complexity index is 916. The first-order chi connectivity index (χ1) is 15.1. The largest absolute Gasteiger partial charge is 0.354 e. The summed E-state index contributed by atoms with van der Waals surface area (Å²) in [6, 6.07) is 14.0. The van der Waals surface area contributed by atoms with Crippen molar-refractivity contribution in [1.29, 1.82) is 0 Å². The van der Waals surface area contributed by atoms with Gasteiger partial charge in [0.2, 0.25) is 5.91 Å². The molecule has 0 saturated carbocycles. The summed E-state index contributed by atoms with van der Waals surface area (Å²) in [4.78, 5) is 27.9. The van der Waals surface area contributed by atoms with Gasteiger partial charge in [0.1, 0.15) is 5.82 Å². The number of halogens is 1. The number of pyridine rings is 1. The second kappa shape index (κ2) is 11.5. The number of hydrogen-bond acceptors (Lipinski definition) is 5. The van der Waals surface area contributed by atoms with Gasteiger partial charge in [0, 0.05) is 64.6 Å². The predicted octanol–water partition coefficient (Wildman–Crippen LogP) is 1.92. The number of benzene rings is 1. The van der Waals surface area contributed by atoms with Gasteiger partial charge in [0.25, 0.3) is 0 Å². The minimum Gasteiger partial charge on any atom is -0.354 e. The number of anilines is 2. The zero-order chi connectivity index (χ0) is 21.6. The standard InChI is InChI=1S/C23H31N7O.HI/c1-24-23(27-19-15-22(31)30(17-19)20-6-4-3-5-7-20)26-16-18-8-9-25-21(14-18)29-12-10-28(2)11-13-29;/h3-9,14,19H,10-13,15-17H2,1-2H3,(H2,24,26,27);1H. The molecule has 2 fully saturated rings. The van der Waals surface area contributed by atoms with Crippen LogP contribution < -0.4 is 20.4 Å². The Morgan fingerprint density at radius 3 is 2.62 bits per heavy atom. The van der Waals surface area contributed by atoms with E-state index in [-0.39, 0.29) is 35.9 Å². The Morgan fingerprint density at radius 1 is 1.16 bits per heavy atom. The summed E-state index contributed by atoms with van der Waals surface area (Å²) in [5.41, 5.74) is 2.09. The molecular weight excluding hydrogens is 517 g/mol. The van der Waals surface area contributed by atoms with E-state index in [9.17, 15) is 4.79 Å². The number of hydrogen-bond donors (Lipinski definition) is 2. The Labute approximate surface area is 207 Å². The number of carbonyl (C=O) groups excluding carboxylic acids is 1. The van der Waals surface area contributed by atoms with Crippen LogP contribution in [0.3, 0.4) is 0 Å². The van der Waals surface area contributed by atoms with E-state index in [1.807, 2.05) is 47.5 Å². The van der Waals surface area contributed by atoms with Gasteiger partial charge in [-0.2, -0.15) is 0 Å². The Kier molecular flexibility index (Phi) is 8.68. The molecule has 4 rings (SSSR count). The molecule has 1 aromatic carbocycles. The molecule has 9 heteroatoms. The van der Waals surface area contributed by atoms with E-state index in [1.165, 1.54) is 0 Å². The lowest BCUT2D eigenvalue weighted by Crippen LogP contribution is -2.45. The minimum atomic E-state index is 0. The number of para-hydroxylation sites is 1. The van der Waals surface area contributed by atoms with Gasteiger partial charge in [-0.1, -0.05) is 18.2 Å². The number of amides is 1. The van der Waals surface area contributed by atoms with Crippen LogP contribution in [0.25, 0.3) is 0 Å². The van der Waals surface area contributed by atoms with E-state index < -0.39 is 0 Å². The summed E-state index contributed by atoms with van der Waals surface area (Å²) < 4.78 is 0. The van der Waals surface area contributed by atoms with Crippen LogP contribution in [0, 0.1) is 0 Å². The number of nitrogens with zero attached hydrogens (tertiary/aromatic N) is 5. The van der Waals surface area contributed by atoms with Gasteiger partial charge in [-0.15, -0.1) is 24.0 Å². The lowest BCUT2D eigenvalue weighted by atomic mass is 10.2. The van der Waals surface area contributed by atoms with Crippen LogP contribution >= 0.6 is 24.0 Å². The summed E-state index contributed by atoms with van der Waals surface area (Å²) in [6.07, 6.45) is 2.33. The molecule has 172 valence electrons. The first kappa shape index (κ1) is 24.2. The van der Waals surface area contributed by atoms with E-state index in [0.29, 0.717) is 25.5 Å². The summed E-state index contributed by atoms with van der Waals surface area (Å²) in [6.45, 7) is 5.38. The molecule has 1 aromatic heterocycles. The highest BCUT2D eigenvalue weighted by molar-refractivity contribution is 14.0. The molecular formula is C23H32IN7O. The van der Waals surface area contributed by atoms with Crippen LogP contribution in [0.1, 0.15) is 12.0 Å². The molecule has 32 heavy (non-hydrogen) atoms. The van der Waals surface area contributed by atoms with Crippen molar-refractivity contribution >= 4 is 47.3 Å². The van der Waals surface area contributed by atoms with Crippen LogP contribution in [0.5, 0.6) is 0 Å². The molecule has 2 aliphatic heterocycles. The van der Waals surface area contributed by atoms with Crippen LogP contribution in [-0.2, 0) is 11.3 Å². The summed E-state index contributed by atoms with van der Waals surface area (Å²) in [7, 11) is 3.91. The van der Waals surface area contributed by atoms with Gasteiger partial charge in [0.05, 0.1) is 6.04 Å². The van der Waals surface area contributed by atoms with Crippen LogP contribution in [0.4, 0.5) is 11.5 Å². The van der Waals surface area contributed by atoms with Gasteiger partial charge in [-0.05, 0) is 36.9 Å². The third-order valence-electron chi connectivity index (χ3n) is 5.85. The maximum Gasteiger partial charge on any atom is 0.229 e. The van der Waals surface area contributed by atoms with E-state index >= 15 is 0 Å². The van der Waals surface area contributed by atoms with Crippen molar-refractivity contribution in [1.82, 2.24) is 20.5 Å². The van der Waals surface area contributed by atoms with Crippen LogP contribution in [0.2, 0.25) is 0 Å². The first-order valence-electron chi connectivity index (χ1n) is 10.8. The molecule has 0 radical (unpaired) electrons. The van der Waals surface area contributed by atoms with Gasteiger partial charge in [-0.25, -0.2) is 4.98 Å². The zero-order valence-corrected chi connectivity index (χ0v) is 21.0. The van der Waals surface area contributed by atoms with Gasteiger partial charge < -0.3 is 25.3 Å². The molecule has 0 aliphatic carbocycles. The van der Waals surface area contributed by atoms with Gasteiger partial charge in [-0.3, -0.25) is 9.79 Å². The van der Waals surface area contributed by atoms with Crippen molar-refractivity contribution in [3.63, 3.8) is 0 Å². The monoisotopic (exact) mass is 549 g/mol. The highest BCUT2D eigenvalue weighted by Gasteiger charge is 2.31. The molecule has 1 amide bonds. The maximum atomic E-state index is 12.5. The lowest BCUT2D eigenvalue weighted by Gasteiger charge is -2.33. The molecule has 1 unspecified atom stereocenters. The quantitative estimate of drug-likeness (QED) is 0.338. The normalized spacial score (nSPS) is 19.6. The van der Waals surface area contributed by atoms with E-state index in [0.717, 1.165) is 43.2 Å². The van der Waals surface area contributed by atoms with Crippen molar-refractivity contribution in [3.05, 3.63) is 54.2 Å². The smallest absolute Gasteiger partial charge is 0.229 e. The summed E-state index contributed by atoms with van der Waals surface area (Å²) >= 11 is 0. The molecule has 3 heterocycles. The highest BCUT2D eigenvalue weighted by atomic mass is 127. The number of likely N-dealkylation sites (N-methyl/N-ethyl adjacent to an activating group) is 1. The molecule has 2 aromatic rings. The van der Waals surface area contributed by atoms with Gasteiger partial charge in [0.15, 0.2) is 5.96 Å². The van der Waals surface area contributed by atoms with Crippen molar-refractivity contribution < 1.29 is 4.79 Å². The zero-order valence-electron chi connectivity index (χ0n) is 18.7. The van der Waals surface area contributed by atoms with E-state index in [4.69, 9.17) is 0 Å². The average Bonchev–Trinajstić information content (AvgIpc) is 3.18. The maximum absolute atomic E-state index is 12.5. The molecule has 1 atom stereocenters. The minimum absolute atomic E-state index is 0. The highest BCUT2D eigenvalue weighted by Crippen LogP contribution is 2.21. The second-order valence-corrected chi connectivity index (χ2v) is 8.12. The number of nitrogens with one attached hydrogen (secondary N) is 2. The molecule has 0 bridgehead atoms. The fraction of sp³-hybridized carbons (Fsp3) is 0.435. The van der Waals surface area contributed by atoms with Crippen LogP contribution in [-0.4, -0.2) is 74.6 Å². The number of carbonyl (C=O) groups is 1. The van der Waals surface area contributed by atoms with Crippen molar-refractivity contribution in [2.45, 2.75) is 19.0 Å². The Balaban J connectivity index is 0.00000289. The molecule has 2 saturated heterocycles. The van der Waals surface area contributed by atoms with Gasteiger partial charge >= 0.3 is 0 Å². The van der Waals surface area contributed by atoms with E-state index in [1.54, 1.807) is 7.05 Å². The number of piperazine rings is 1. The number of aliphatic imine (C=N–C) groups is 1. The van der Waals surface area contributed by atoms with Crippen molar-refractivity contribution in [3.8, 4) is 0 Å². The molecule has 2 aliphatic rings. The number of aromatic nitrogens is 1. The topological polar surface area (TPSA) is 76.1 Å². The number of guanidine groups is 1. The SMILES string of the molecule is CN=C(NCc1ccnc(N2CCN(C)CC2)c1)NC1CC(=O)N(c2ccccc2)C1.I. The Morgan fingerprint density at radius 2 is 1.91 bits per heavy atom. The van der Waals surface area contributed by atoms with Crippen LogP contribution in [0.15, 0.2) is 53.7 Å². The Hall–Kier alpha value is -2.40. The summed E-state index contributed by atoms with van der Waals surface area (Å²) in [5, 5.41) is 6.77. The first-order valence-corrected chi connectivity index (χ1v) is 10.8. The van der Waals surface area contributed by atoms with Crippen molar-refractivity contribution in [2.24, 2.45) is 4.99 Å². The average molecular weight is 549 g/mol. The molecule has 2 N–H and O–H groups in total. The van der Waals surface area contributed by atoms with E-state index in [2.05, 4.69) is 43.5 Å². The molecule has 0 spiro atoms. The fourth-order valence-electron chi connectivity index (χ4n) is 4.01. The van der Waals surface area contributed by atoms with Crippen molar-refractivity contribution in [2.75, 3.05) is 56.6 Å². The fourth-order valence-corrected chi connectivity index (χ4v) is 4.01. The second-order valence-electron chi connectivity index (χ2n) is 8.12. The number of rotatable bonds is 5. The third kappa shape index (κ3) is 6.10. The summed E-state index contributed by atoms with van der Waals surface area (Å²) in [5.74, 6) is 1.85. The molecule has 8 nitrogen and oxygen atoms in total. The lowest BCUT2D eigenvalue weighted by molar-refractivity contribution is -0.117.